The molecular formula is C40H49N3O7S. The molecule has 4 N–H and O–H groups in total. The van der Waals surface area contributed by atoms with Crippen molar-refractivity contribution in [2.45, 2.75) is 55.4 Å². The summed E-state index contributed by atoms with van der Waals surface area (Å²) in [5, 5.41) is 31.1. The number of benzene rings is 4. The van der Waals surface area contributed by atoms with Gasteiger partial charge in [-0.3, -0.25) is 9.59 Å². The number of carbonyl (C=O) groups excluding carboxylic acids is 2. The van der Waals surface area contributed by atoms with Crippen LogP contribution < -0.4 is 15.0 Å². The first-order chi connectivity index (χ1) is 24.4. The van der Waals surface area contributed by atoms with Gasteiger partial charge in [0, 0.05) is 31.0 Å². The summed E-state index contributed by atoms with van der Waals surface area (Å²) in [5.41, 5.74) is 3.96. The third-order valence-corrected chi connectivity index (χ3v) is 9.82. The summed E-state index contributed by atoms with van der Waals surface area (Å²) in [6, 6.07) is 28.0. The molecule has 0 aromatic heterocycles. The van der Waals surface area contributed by atoms with Crippen molar-refractivity contribution in [3.05, 3.63) is 108 Å². The number of rotatable bonds is 13. The van der Waals surface area contributed by atoms with E-state index in [0.29, 0.717) is 24.9 Å². The van der Waals surface area contributed by atoms with Crippen molar-refractivity contribution >= 4 is 29.3 Å². The molecule has 4 aromatic carbocycles. The molecule has 11 heteroatoms. The van der Waals surface area contributed by atoms with Crippen LogP contribution in [0.3, 0.4) is 0 Å². The zero-order valence-electron chi connectivity index (χ0n) is 29.9. The van der Waals surface area contributed by atoms with Gasteiger partial charge in [0.15, 0.2) is 17.6 Å². The molecule has 3 atom stereocenters. The molecule has 1 aliphatic heterocycles. The lowest BCUT2D eigenvalue weighted by Crippen LogP contribution is -2.45. The molecular weight excluding hydrogens is 667 g/mol. The number of anilines is 1. The normalized spacial score (nSPS) is 16.0. The molecule has 0 aliphatic carbocycles. The largest absolute Gasteiger partial charge is 0.508 e. The highest BCUT2D eigenvalue weighted by Crippen LogP contribution is 2.46. The summed E-state index contributed by atoms with van der Waals surface area (Å²) in [6.07, 6.45) is 1.87. The summed E-state index contributed by atoms with van der Waals surface area (Å²) in [4.78, 5) is 30.2. The van der Waals surface area contributed by atoms with Gasteiger partial charge in [0.25, 0.3) is 5.91 Å². The van der Waals surface area contributed by atoms with Gasteiger partial charge in [-0.1, -0.05) is 42.5 Å². The van der Waals surface area contributed by atoms with Gasteiger partial charge in [-0.15, -0.1) is 11.8 Å². The Balaban J connectivity index is 0.000000238. The molecule has 4 aromatic rings. The first-order valence-electron chi connectivity index (χ1n) is 17.0. The van der Waals surface area contributed by atoms with Crippen molar-refractivity contribution in [1.29, 1.82) is 0 Å². The highest BCUT2D eigenvalue weighted by molar-refractivity contribution is 7.99. The van der Waals surface area contributed by atoms with Crippen LogP contribution in [0.25, 0.3) is 0 Å². The van der Waals surface area contributed by atoms with E-state index < -0.39 is 12.1 Å². The van der Waals surface area contributed by atoms with Gasteiger partial charge in [-0.2, -0.15) is 0 Å². The Morgan fingerprint density at radius 2 is 1.61 bits per heavy atom. The number of phenols is 3. The maximum Gasteiger partial charge on any atom is 0.303 e. The lowest BCUT2D eigenvalue weighted by Gasteiger charge is -2.28. The molecule has 10 nitrogen and oxygen atoms in total. The number of esters is 1. The molecule has 1 unspecified atom stereocenters. The van der Waals surface area contributed by atoms with Gasteiger partial charge in [0.2, 0.25) is 0 Å². The second-order valence-electron chi connectivity index (χ2n) is 12.7. The quantitative estimate of drug-likeness (QED) is 0.0921. The lowest BCUT2D eigenvalue weighted by atomic mass is 10.1. The van der Waals surface area contributed by atoms with E-state index in [1.807, 2.05) is 85.7 Å². The maximum atomic E-state index is 13.6. The number of hydrogen-bond donors (Lipinski definition) is 4. The number of ether oxygens (including phenoxy) is 2. The van der Waals surface area contributed by atoms with Gasteiger partial charge in [0.05, 0.1) is 18.0 Å². The van der Waals surface area contributed by atoms with Crippen LogP contribution in [-0.4, -0.2) is 85.1 Å². The molecule has 0 saturated carbocycles. The second-order valence-corrected chi connectivity index (χ2v) is 13.9. The number of nitrogens with zero attached hydrogens (tertiary/aromatic N) is 2. The first-order valence-corrected chi connectivity index (χ1v) is 17.9. The minimum atomic E-state index is -0.916. The molecule has 1 aliphatic rings. The number of amides is 1. The molecule has 0 fully saturated rings. The van der Waals surface area contributed by atoms with Crippen molar-refractivity contribution in [2.24, 2.45) is 0 Å². The Kier molecular flexibility index (Phi) is 14.6. The minimum Gasteiger partial charge on any atom is -0.508 e. The van der Waals surface area contributed by atoms with Gasteiger partial charge in [0.1, 0.15) is 11.5 Å². The Bertz CT molecular complexity index is 1720. The number of aromatic hydroxyl groups is 3. The molecule has 0 spiro atoms. The predicted octanol–water partition coefficient (Wildman–Crippen LogP) is 6.33. The Labute approximate surface area is 305 Å². The van der Waals surface area contributed by atoms with E-state index in [9.17, 15) is 24.9 Å². The van der Waals surface area contributed by atoms with Crippen LogP contribution in [0.1, 0.15) is 42.2 Å². The average Bonchev–Trinajstić information content (AvgIpc) is 3.22. The number of para-hydroxylation sites is 1. The third kappa shape index (κ3) is 11.7. The lowest BCUT2D eigenvalue weighted by molar-refractivity contribution is -0.152. The van der Waals surface area contributed by atoms with Crippen LogP contribution >= 0.6 is 11.8 Å². The van der Waals surface area contributed by atoms with Crippen molar-refractivity contribution in [3.8, 4) is 23.0 Å². The Morgan fingerprint density at radius 1 is 0.922 bits per heavy atom. The van der Waals surface area contributed by atoms with Crippen molar-refractivity contribution < 1.29 is 34.4 Å². The first kappa shape index (κ1) is 39.1. The van der Waals surface area contributed by atoms with E-state index in [0.717, 1.165) is 53.3 Å². The monoisotopic (exact) mass is 715 g/mol. The Hall–Kier alpha value is -4.71. The number of methoxy groups -OCH3 is 1. The zero-order valence-corrected chi connectivity index (χ0v) is 30.7. The van der Waals surface area contributed by atoms with Crippen molar-refractivity contribution in [3.63, 3.8) is 0 Å². The molecule has 1 heterocycles. The fraction of sp³-hybridized carbons (Fsp3) is 0.350. The van der Waals surface area contributed by atoms with Gasteiger partial charge in [-0.25, -0.2) is 0 Å². The van der Waals surface area contributed by atoms with E-state index in [-0.39, 0.29) is 22.7 Å². The van der Waals surface area contributed by atoms with Gasteiger partial charge >= 0.3 is 5.97 Å². The standard InChI is InChI=1S/C22H26N2O4S.C18H23NO3/c1-15(25)28-20-21(16-9-11-17(27-4)12-10-16)29-19-8-6-5-7-18(19)24(22(20)26)14-13-23(2)3;1-13(2-3-14-4-7-16(20)8-5-14)19-11-10-15-6-9-17(21)18(22)12-15/h5-12,20-21H,13-14H2,1-4H3;4-9,12-13,19-22H,2-3,10-11H2,1H3/t20-,21+;/m1./s1. The van der Waals surface area contributed by atoms with E-state index in [4.69, 9.17) is 9.47 Å². The third-order valence-electron chi connectivity index (χ3n) is 8.45. The van der Waals surface area contributed by atoms with Gasteiger partial charge in [-0.05, 0) is 112 Å². The predicted molar refractivity (Wildman–Crippen MR) is 202 cm³/mol. The highest BCUT2D eigenvalue weighted by Gasteiger charge is 2.40. The molecule has 0 bridgehead atoms. The van der Waals surface area contributed by atoms with E-state index >= 15 is 0 Å². The van der Waals surface area contributed by atoms with E-state index in [2.05, 4.69) is 12.2 Å². The number of fused-ring (bicyclic) bond motifs is 1. The topological polar surface area (TPSA) is 132 Å². The number of hydrogen-bond acceptors (Lipinski definition) is 10. The van der Waals surface area contributed by atoms with Gasteiger partial charge < -0.3 is 39.9 Å². The molecule has 0 saturated heterocycles. The number of aryl methyl sites for hydroxylation is 1. The van der Waals surface area contributed by atoms with Crippen LogP contribution in [0.4, 0.5) is 5.69 Å². The van der Waals surface area contributed by atoms with Crippen molar-refractivity contribution in [2.75, 3.05) is 45.7 Å². The van der Waals surface area contributed by atoms with E-state index in [1.165, 1.54) is 18.6 Å². The highest BCUT2D eigenvalue weighted by atomic mass is 32.2. The number of thioether (sulfide) groups is 1. The molecule has 272 valence electrons. The number of likely N-dealkylation sites (N-methyl/N-ethyl adjacent to an activating group) is 1. The Morgan fingerprint density at radius 3 is 2.25 bits per heavy atom. The number of phenolic OH excluding ortho intramolecular Hbond substituents is 3. The number of carbonyl (C=O) groups is 2. The molecule has 1 amide bonds. The summed E-state index contributed by atoms with van der Waals surface area (Å²) >= 11 is 1.54. The fourth-order valence-electron chi connectivity index (χ4n) is 5.57. The fourth-order valence-corrected chi connectivity index (χ4v) is 6.89. The van der Waals surface area contributed by atoms with Crippen LogP contribution in [0, 0.1) is 0 Å². The van der Waals surface area contributed by atoms with Crippen LogP contribution in [-0.2, 0) is 27.2 Å². The van der Waals surface area contributed by atoms with Crippen LogP contribution in [0.2, 0.25) is 0 Å². The SMILES string of the molecule is CC(CCc1ccc(O)cc1)NCCc1ccc(O)c(O)c1.COc1ccc([C@@H]2Sc3ccccc3N(CCN(C)C)C(=O)[C@@H]2OC(C)=O)cc1. The maximum absolute atomic E-state index is 13.6. The average molecular weight is 716 g/mol. The number of nitrogens with one attached hydrogen (secondary N) is 1. The molecule has 0 radical (unpaired) electrons. The summed E-state index contributed by atoms with van der Waals surface area (Å²) in [7, 11) is 5.54. The minimum absolute atomic E-state index is 0.0714. The zero-order chi connectivity index (χ0) is 36.9. The summed E-state index contributed by atoms with van der Waals surface area (Å²) < 4.78 is 10.8. The smallest absolute Gasteiger partial charge is 0.303 e. The summed E-state index contributed by atoms with van der Waals surface area (Å²) in [5.74, 6) is 0.195. The second kappa shape index (κ2) is 19.1. The van der Waals surface area contributed by atoms with Crippen LogP contribution in [0.15, 0.2) is 95.9 Å². The molecule has 51 heavy (non-hydrogen) atoms. The van der Waals surface area contributed by atoms with Crippen molar-refractivity contribution in [1.82, 2.24) is 10.2 Å². The summed E-state index contributed by atoms with van der Waals surface area (Å²) in [6.45, 7) is 5.52. The van der Waals surface area contributed by atoms with E-state index in [1.54, 1.807) is 42.0 Å². The molecule has 5 rings (SSSR count). The van der Waals surface area contributed by atoms with Crippen LogP contribution in [0.5, 0.6) is 23.0 Å².